The van der Waals surface area contributed by atoms with E-state index in [0.29, 0.717) is 31.4 Å². The summed E-state index contributed by atoms with van der Waals surface area (Å²) in [5, 5.41) is 0.582. The van der Waals surface area contributed by atoms with Gasteiger partial charge in [-0.2, -0.15) is 0 Å². The van der Waals surface area contributed by atoms with E-state index in [-0.39, 0.29) is 0 Å². The summed E-state index contributed by atoms with van der Waals surface area (Å²) < 4.78 is 23.5. The number of benzene rings is 1. The van der Waals surface area contributed by atoms with Crippen LogP contribution in [-0.2, 0) is 13.6 Å². The van der Waals surface area contributed by atoms with Gasteiger partial charge in [0.05, 0.1) is 18.5 Å². The van der Waals surface area contributed by atoms with Crippen molar-refractivity contribution in [3.8, 4) is 0 Å². The molecule has 98 valence electrons. The number of rotatable bonds is 9. The number of hydrogen-bond donors (Lipinski definition) is 0. The van der Waals surface area contributed by atoms with Gasteiger partial charge >= 0.3 is 7.60 Å². The summed E-state index contributed by atoms with van der Waals surface area (Å²) in [6, 6.07) is 9.00. The van der Waals surface area contributed by atoms with Crippen molar-refractivity contribution in [2.45, 2.75) is 12.8 Å². The van der Waals surface area contributed by atoms with Crippen molar-refractivity contribution in [1.82, 2.24) is 0 Å². The minimum atomic E-state index is -3.23. The largest absolute Gasteiger partial charge is 0.361 e. The lowest BCUT2D eigenvalue weighted by Gasteiger charge is -2.18. The van der Waals surface area contributed by atoms with Crippen LogP contribution in [0.4, 0.5) is 0 Å². The van der Waals surface area contributed by atoms with Gasteiger partial charge in [0.25, 0.3) is 0 Å². The van der Waals surface area contributed by atoms with E-state index in [1.54, 1.807) is 24.3 Å². The van der Waals surface area contributed by atoms with Gasteiger partial charge in [0.15, 0.2) is 0 Å². The van der Waals surface area contributed by atoms with Gasteiger partial charge in [0.2, 0.25) is 0 Å². The summed E-state index contributed by atoms with van der Waals surface area (Å²) in [4.78, 5) is 0. The average molecular weight is 266 g/mol. The minimum Gasteiger partial charge on any atom is -0.305 e. The Kier molecular flexibility index (Phi) is 6.66. The molecule has 4 heteroatoms. The van der Waals surface area contributed by atoms with E-state index in [9.17, 15) is 4.57 Å². The first-order valence-corrected chi connectivity index (χ1v) is 7.44. The molecule has 1 aromatic carbocycles. The van der Waals surface area contributed by atoms with Gasteiger partial charge < -0.3 is 9.05 Å². The molecule has 0 unspecified atom stereocenters. The van der Waals surface area contributed by atoms with E-state index in [0.717, 1.165) is 0 Å². The molecule has 0 aromatic heterocycles. The molecule has 0 atom stereocenters. The maximum atomic E-state index is 12.7. The molecule has 0 aliphatic rings. The molecule has 0 saturated carbocycles. The molecule has 0 fully saturated rings. The monoisotopic (exact) mass is 266 g/mol. The van der Waals surface area contributed by atoms with Crippen LogP contribution in [0.15, 0.2) is 55.6 Å². The zero-order chi connectivity index (χ0) is 13.3. The fourth-order valence-electron chi connectivity index (χ4n) is 1.31. The predicted molar refractivity (Wildman–Crippen MR) is 75.2 cm³/mol. The molecular weight excluding hydrogens is 247 g/mol. The smallest absolute Gasteiger partial charge is 0.305 e. The van der Waals surface area contributed by atoms with E-state index in [4.69, 9.17) is 9.05 Å². The topological polar surface area (TPSA) is 35.5 Å². The molecule has 1 rings (SSSR count). The summed E-state index contributed by atoms with van der Waals surface area (Å²) >= 11 is 0. The van der Waals surface area contributed by atoms with Crippen LogP contribution in [0.1, 0.15) is 12.8 Å². The van der Waals surface area contributed by atoms with Crippen LogP contribution in [0, 0.1) is 0 Å². The van der Waals surface area contributed by atoms with Gasteiger partial charge in [-0.15, -0.1) is 13.2 Å². The highest BCUT2D eigenvalue weighted by Crippen LogP contribution is 2.47. The summed E-state index contributed by atoms with van der Waals surface area (Å²) in [6.45, 7) is 7.88. The van der Waals surface area contributed by atoms with E-state index in [1.165, 1.54) is 0 Å². The van der Waals surface area contributed by atoms with E-state index in [2.05, 4.69) is 13.2 Å². The summed E-state index contributed by atoms with van der Waals surface area (Å²) in [6.07, 6.45) is 4.72. The standard InChI is InChI=1S/C14H19O3P/c1-3-5-12-16-18(15,17-13-6-4-2)14-10-8-7-9-11-14/h3-4,7-11H,1-2,5-6,12-13H2. The zero-order valence-corrected chi connectivity index (χ0v) is 11.4. The van der Waals surface area contributed by atoms with Crippen molar-refractivity contribution in [3.05, 3.63) is 55.6 Å². The molecule has 18 heavy (non-hydrogen) atoms. The molecule has 0 bridgehead atoms. The predicted octanol–water partition coefficient (Wildman–Crippen LogP) is 3.69. The first kappa shape index (κ1) is 14.9. The van der Waals surface area contributed by atoms with Crippen LogP contribution in [0.5, 0.6) is 0 Å². The lowest BCUT2D eigenvalue weighted by atomic mass is 10.4. The van der Waals surface area contributed by atoms with Crippen LogP contribution in [-0.4, -0.2) is 13.2 Å². The van der Waals surface area contributed by atoms with Gasteiger partial charge in [-0.3, -0.25) is 4.57 Å². The Labute approximate surface area is 109 Å². The Balaban J connectivity index is 2.76. The molecule has 0 radical (unpaired) electrons. The SMILES string of the molecule is C=CCCOP(=O)(OCCC=C)c1ccccc1. The molecular formula is C14H19O3P. The maximum Gasteiger partial charge on any atom is 0.361 e. The molecule has 0 aliphatic carbocycles. The molecule has 0 aliphatic heterocycles. The van der Waals surface area contributed by atoms with E-state index in [1.807, 2.05) is 18.2 Å². The molecule has 0 amide bonds. The van der Waals surface area contributed by atoms with E-state index >= 15 is 0 Å². The van der Waals surface area contributed by atoms with E-state index < -0.39 is 7.60 Å². The van der Waals surface area contributed by atoms with Gasteiger partial charge in [0, 0.05) is 0 Å². The Morgan fingerprint density at radius 1 is 1.00 bits per heavy atom. The second-order valence-electron chi connectivity index (χ2n) is 3.65. The fourth-order valence-corrected chi connectivity index (χ4v) is 2.91. The molecule has 1 aromatic rings. The summed E-state index contributed by atoms with van der Waals surface area (Å²) in [5.74, 6) is 0. The van der Waals surface area contributed by atoms with Crippen LogP contribution in [0.2, 0.25) is 0 Å². The quantitative estimate of drug-likeness (QED) is 0.388. The third kappa shape index (κ3) is 4.61. The van der Waals surface area contributed by atoms with Gasteiger partial charge in [0.1, 0.15) is 0 Å². The van der Waals surface area contributed by atoms with Crippen LogP contribution in [0.3, 0.4) is 0 Å². The lowest BCUT2D eigenvalue weighted by molar-refractivity contribution is 0.219. The maximum absolute atomic E-state index is 12.7. The van der Waals surface area contributed by atoms with Crippen molar-refractivity contribution in [1.29, 1.82) is 0 Å². The molecule has 3 nitrogen and oxygen atoms in total. The highest BCUT2D eigenvalue weighted by Gasteiger charge is 2.26. The summed E-state index contributed by atoms with van der Waals surface area (Å²) in [5.41, 5.74) is 0. The number of hydrogen-bond acceptors (Lipinski definition) is 3. The zero-order valence-electron chi connectivity index (χ0n) is 10.5. The van der Waals surface area contributed by atoms with Crippen LogP contribution in [0.25, 0.3) is 0 Å². The lowest BCUT2D eigenvalue weighted by Crippen LogP contribution is -2.11. The average Bonchev–Trinajstić information content (AvgIpc) is 2.40. The fraction of sp³-hybridized carbons (Fsp3) is 0.286. The van der Waals surface area contributed by atoms with Gasteiger partial charge in [-0.05, 0) is 25.0 Å². The second-order valence-corrected chi connectivity index (χ2v) is 5.68. The highest BCUT2D eigenvalue weighted by molar-refractivity contribution is 7.62. The van der Waals surface area contributed by atoms with Crippen molar-refractivity contribution in [2.24, 2.45) is 0 Å². The normalized spacial score (nSPS) is 11.1. The van der Waals surface area contributed by atoms with Crippen LogP contribution >= 0.6 is 7.60 Å². The Bertz CT molecular complexity index is 396. The van der Waals surface area contributed by atoms with Crippen molar-refractivity contribution in [3.63, 3.8) is 0 Å². The Morgan fingerprint density at radius 3 is 1.94 bits per heavy atom. The third-order valence-corrected chi connectivity index (χ3v) is 4.21. The Hall–Kier alpha value is -1.15. The van der Waals surface area contributed by atoms with Crippen molar-refractivity contribution >= 4 is 12.9 Å². The molecule has 0 spiro atoms. The Morgan fingerprint density at radius 2 is 1.50 bits per heavy atom. The highest BCUT2D eigenvalue weighted by atomic mass is 31.2. The minimum absolute atomic E-state index is 0.337. The first-order chi connectivity index (χ1) is 8.73. The first-order valence-electron chi connectivity index (χ1n) is 5.89. The second kappa shape index (κ2) is 8.04. The van der Waals surface area contributed by atoms with Gasteiger partial charge in [-0.25, -0.2) is 0 Å². The molecule has 0 N–H and O–H groups in total. The third-order valence-electron chi connectivity index (χ3n) is 2.24. The molecule has 0 heterocycles. The molecule has 0 saturated heterocycles. The summed E-state index contributed by atoms with van der Waals surface area (Å²) in [7, 11) is -3.23. The van der Waals surface area contributed by atoms with Gasteiger partial charge in [-0.1, -0.05) is 30.4 Å². The van der Waals surface area contributed by atoms with Crippen LogP contribution < -0.4 is 5.30 Å². The van der Waals surface area contributed by atoms with Crippen molar-refractivity contribution < 1.29 is 13.6 Å². The van der Waals surface area contributed by atoms with Crippen molar-refractivity contribution in [2.75, 3.05) is 13.2 Å².